The summed E-state index contributed by atoms with van der Waals surface area (Å²) in [5.74, 6) is -0.507. The first kappa shape index (κ1) is 31.9. The van der Waals surface area contributed by atoms with Crippen molar-refractivity contribution in [1.82, 2.24) is 0 Å². The van der Waals surface area contributed by atoms with Gasteiger partial charge in [-0.05, 0) is 25.0 Å². The molecule has 0 aliphatic heterocycles. The van der Waals surface area contributed by atoms with E-state index in [0.29, 0.717) is 23.3 Å². The first-order valence-corrected chi connectivity index (χ1v) is 12.4. The van der Waals surface area contributed by atoms with Gasteiger partial charge in [-0.3, -0.25) is 24.0 Å². The van der Waals surface area contributed by atoms with Gasteiger partial charge in [0, 0.05) is 12.1 Å². The lowest BCUT2D eigenvalue weighted by atomic mass is 10.1. The van der Waals surface area contributed by atoms with Crippen molar-refractivity contribution in [2.75, 3.05) is 40.9 Å². The van der Waals surface area contributed by atoms with Gasteiger partial charge in [0.15, 0.2) is 0 Å². The number of likely N-dealkylation sites (N-methyl/N-ethyl adjacent to an activating group) is 1. The number of phosphoric ester groups is 1. The number of rotatable bonds is 18. The van der Waals surface area contributed by atoms with Crippen LogP contribution in [0.5, 0.6) is 5.75 Å². The molecule has 34 heavy (non-hydrogen) atoms. The summed E-state index contributed by atoms with van der Waals surface area (Å²) in [4.78, 5) is 31.0. The van der Waals surface area contributed by atoms with Gasteiger partial charge in [0.2, 0.25) is 0 Å². The lowest BCUT2D eigenvalue weighted by Crippen LogP contribution is -2.42. The highest BCUT2D eigenvalue weighted by Gasteiger charge is 2.31. The van der Waals surface area contributed by atoms with E-state index in [1.165, 1.54) is 12.1 Å². The second kappa shape index (κ2) is 15.8. The number of phosphoric acid groups is 1. The summed E-state index contributed by atoms with van der Waals surface area (Å²) in [6.45, 7) is 0.839. The molecule has 1 aromatic carbocycles. The Balaban J connectivity index is 0.0000109. The third-order valence-electron chi connectivity index (χ3n) is 4.55. The quantitative estimate of drug-likeness (QED) is 0.0974. The molecule has 0 spiro atoms. The number of hydrogen-bond donors (Lipinski definition) is 2. The largest absolute Gasteiger partial charge is 0.870 e. The molecule has 1 rings (SSSR count). The van der Waals surface area contributed by atoms with Crippen molar-refractivity contribution in [3.8, 4) is 5.75 Å². The SMILES string of the molecule is C[N+](C)(C)C[C@@H](CC(=O)O)OP(=O)(O)OCCCCCCCCOc1ccc([N+](=O)[O-])cc1.[OH-]. The molecule has 0 saturated heterocycles. The van der Waals surface area contributed by atoms with E-state index >= 15 is 0 Å². The summed E-state index contributed by atoms with van der Waals surface area (Å²) in [7, 11) is 1.18. The van der Waals surface area contributed by atoms with E-state index in [0.717, 1.165) is 32.1 Å². The molecule has 0 radical (unpaired) electrons. The number of hydrogen-bond acceptors (Lipinski definition) is 8. The van der Waals surface area contributed by atoms with Gasteiger partial charge in [0.25, 0.3) is 5.69 Å². The Bertz CT molecular complexity index is 783. The summed E-state index contributed by atoms with van der Waals surface area (Å²) in [6, 6.07) is 5.97. The van der Waals surface area contributed by atoms with E-state index in [-0.39, 0.29) is 30.7 Å². The Morgan fingerprint density at radius 1 is 1.06 bits per heavy atom. The van der Waals surface area contributed by atoms with Crippen LogP contribution in [0.15, 0.2) is 24.3 Å². The van der Waals surface area contributed by atoms with Crippen LogP contribution >= 0.6 is 7.82 Å². The number of nitro benzene ring substituents is 1. The van der Waals surface area contributed by atoms with Crippen LogP contribution in [0.1, 0.15) is 44.9 Å². The van der Waals surface area contributed by atoms with Crippen LogP contribution in [0, 0.1) is 10.1 Å². The van der Waals surface area contributed by atoms with Crippen LogP contribution in [-0.2, 0) is 18.4 Å². The molecule has 1 aromatic rings. The maximum atomic E-state index is 12.1. The maximum absolute atomic E-state index is 12.1. The number of carboxylic acid groups (broad SMARTS) is 1. The van der Waals surface area contributed by atoms with Crippen LogP contribution in [-0.4, -0.2) is 77.9 Å². The highest BCUT2D eigenvalue weighted by atomic mass is 31.2. The van der Waals surface area contributed by atoms with Crippen molar-refractivity contribution in [2.45, 2.75) is 51.0 Å². The van der Waals surface area contributed by atoms with Crippen LogP contribution < -0.4 is 4.74 Å². The Kier molecular flexibility index (Phi) is 14.8. The molecule has 0 bridgehead atoms. The van der Waals surface area contributed by atoms with Gasteiger partial charge in [-0.1, -0.05) is 25.7 Å². The Hall–Kier alpha value is -2.08. The van der Waals surface area contributed by atoms with Gasteiger partial charge in [0.1, 0.15) is 18.4 Å². The molecule has 3 N–H and O–H groups in total. The van der Waals surface area contributed by atoms with E-state index in [4.69, 9.17) is 18.9 Å². The molecule has 196 valence electrons. The molecule has 2 atom stereocenters. The Morgan fingerprint density at radius 3 is 2.09 bits per heavy atom. The fraction of sp³-hybridized carbons (Fsp3) is 0.667. The van der Waals surface area contributed by atoms with Crippen LogP contribution in [0.4, 0.5) is 5.69 Å². The molecule has 13 heteroatoms. The van der Waals surface area contributed by atoms with Gasteiger partial charge < -0.3 is 24.7 Å². The average Bonchev–Trinajstić information content (AvgIpc) is 2.67. The zero-order chi connectivity index (χ0) is 24.9. The Morgan fingerprint density at radius 2 is 1.59 bits per heavy atom. The summed E-state index contributed by atoms with van der Waals surface area (Å²) < 4.78 is 28.2. The van der Waals surface area contributed by atoms with Gasteiger partial charge in [-0.25, -0.2) is 4.57 Å². The number of quaternary nitrogens is 1. The second-order valence-electron chi connectivity index (χ2n) is 8.82. The van der Waals surface area contributed by atoms with Gasteiger partial charge in [-0.2, -0.15) is 0 Å². The number of nitro groups is 1. The van der Waals surface area contributed by atoms with E-state index in [1.54, 1.807) is 12.1 Å². The number of non-ortho nitro benzene ring substituents is 1. The smallest absolute Gasteiger partial charge is 0.472 e. The van der Waals surface area contributed by atoms with E-state index in [9.17, 15) is 24.4 Å². The van der Waals surface area contributed by atoms with Crippen molar-refractivity contribution < 1.29 is 48.0 Å². The predicted octanol–water partition coefficient (Wildman–Crippen LogP) is 3.82. The highest BCUT2D eigenvalue weighted by molar-refractivity contribution is 7.47. The monoisotopic (exact) mass is 508 g/mol. The normalized spacial score (nSPS) is 14.0. The number of nitrogens with zero attached hydrogens (tertiary/aromatic N) is 2. The molecule has 0 aliphatic carbocycles. The minimum absolute atomic E-state index is 0. The maximum Gasteiger partial charge on any atom is 0.472 e. The van der Waals surface area contributed by atoms with Gasteiger partial charge in [0.05, 0.1) is 45.7 Å². The lowest BCUT2D eigenvalue weighted by molar-refractivity contribution is -0.873. The number of carbonyl (C=O) groups is 1. The second-order valence-corrected chi connectivity index (χ2v) is 10.2. The van der Waals surface area contributed by atoms with E-state index in [1.807, 2.05) is 21.1 Å². The van der Waals surface area contributed by atoms with Crippen molar-refractivity contribution in [2.24, 2.45) is 0 Å². The van der Waals surface area contributed by atoms with Crippen molar-refractivity contribution in [1.29, 1.82) is 0 Å². The molecule has 0 saturated carbocycles. The fourth-order valence-electron chi connectivity index (χ4n) is 3.10. The first-order chi connectivity index (χ1) is 15.4. The number of ether oxygens (including phenoxy) is 1. The first-order valence-electron chi connectivity index (χ1n) is 10.9. The Labute approximate surface area is 200 Å². The molecular weight excluding hydrogens is 471 g/mol. The molecule has 0 aliphatic rings. The molecule has 12 nitrogen and oxygen atoms in total. The fourth-order valence-corrected chi connectivity index (χ4v) is 4.04. The summed E-state index contributed by atoms with van der Waals surface area (Å²) >= 11 is 0. The summed E-state index contributed by atoms with van der Waals surface area (Å²) in [6.07, 6.45) is 3.82. The molecule has 0 fully saturated rings. The molecule has 0 heterocycles. The standard InChI is InChI=1S/C21H35N2O9P.H2O/c1-23(2,3)17-20(16-21(24)25)32-33(28,29)31-15-9-7-5-4-6-8-14-30-19-12-10-18(11-13-19)22(26)27;/h10-13,20H,4-9,14-17H2,1-3H3,(H-,24,25,28,29);1H2/t20-;/m1./s1. The van der Waals surface area contributed by atoms with Crippen molar-refractivity contribution in [3.05, 3.63) is 34.4 Å². The zero-order valence-electron chi connectivity index (χ0n) is 20.0. The third-order valence-corrected chi connectivity index (χ3v) is 5.62. The minimum Gasteiger partial charge on any atom is -0.870 e. The number of aliphatic carboxylic acids is 1. The van der Waals surface area contributed by atoms with E-state index in [2.05, 4.69) is 0 Å². The van der Waals surface area contributed by atoms with Crippen LogP contribution in [0.3, 0.4) is 0 Å². The average molecular weight is 509 g/mol. The number of carboxylic acids is 1. The molecule has 1 unspecified atom stereocenters. The summed E-state index contributed by atoms with van der Waals surface area (Å²) in [5.41, 5.74) is 0.0275. The molecule has 0 amide bonds. The van der Waals surface area contributed by atoms with Crippen molar-refractivity contribution >= 4 is 19.5 Å². The molecular formula is C21H37N2O10P. The predicted molar refractivity (Wildman–Crippen MR) is 124 cm³/mol. The topological polar surface area (TPSA) is 175 Å². The van der Waals surface area contributed by atoms with Gasteiger partial charge >= 0.3 is 13.8 Å². The lowest BCUT2D eigenvalue weighted by Gasteiger charge is -2.29. The van der Waals surface area contributed by atoms with Crippen LogP contribution in [0.2, 0.25) is 0 Å². The minimum atomic E-state index is -4.33. The zero-order valence-corrected chi connectivity index (χ0v) is 20.9. The van der Waals surface area contributed by atoms with Crippen LogP contribution in [0.25, 0.3) is 0 Å². The summed E-state index contributed by atoms with van der Waals surface area (Å²) in [5, 5.41) is 19.6. The van der Waals surface area contributed by atoms with Gasteiger partial charge in [-0.15, -0.1) is 0 Å². The van der Waals surface area contributed by atoms with Crippen molar-refractivity contribution in [3.63, 3.8) is 0 Å². The number of unbranched alkanes of at least 4 members (excludes halogenated alkanes) is 5. The molecule has 0 aromatic heterocycles. The van der Waals surface area contributed by atoms with E-state index < -0.39 is 24.8 Å². The third kappa shape index (κ3) is 15.7. The number of benzene rings is 1. The highest BCUT2D eigenvalue weighted by Crippen LogP contribution is 2.45.